The van der Waals surface area contributed by atoms with Gasteiger partial charge in [0.1, 0.15) is 0 Å². The first-order valence-corrected chi connectivity index (χ1v) is 7.15. The topological polar surface area (TPSA) is 64.3 Å². The van der Waals surface area contributed by atoms with Crippen LogP contribution in [0.1, 0.15) is 24.5 Å². The lowest BCUT2D eigenvalue weighted by atomic mass is 10.3. The van der Waals surface area contributed by atoms with Crippen LogP contribution in [0.5, 0.6) is 0 Å². The first kappa shape index (κ1) is 10.0. The minimum absolute atomic E-state index is 0.0426. The third-order valence-corrected chi connectivity index (χ3v) is 3.89. The Morgan fingerprint density at radius 2 is 2.19 bits per heavy atom. The van der Waals surface area contributed by atoms with Gasteiger partial charge in [-0.2, -0.15) is 0 Å². The zero-order valence-corrected chi connectivity index (χ0v) is 9.74. The van der Waals surface area contributed by atoms with E-state index in [1.807, 2.05) is 6.07 Å². The van der Waals surface area contributed by atoms with Gasteiger partial charge < -0.3 is 0 Å². The molecule has 5 nitrogen and oxygen atoms in total. The van der Waals surface area contributed by atoms with Crippen molar-refractivity contribution in [2.75, 3.05) is 0 Å². The summed E-state index contributed by atoms with van der Waals surface area (Å²) in [5, 5.41) is -0.0426. The number of fused-ring (bicyclic) bond motifs is 1. The highest BCUT2D eigenvalue weighted by Gasteiger charge is 2.26. The van der Waals surface area contributed by atoms with Crippen molar-refractivity contribution in [1.82, 2.24) is 14.4 Å². The fraction of sp³-hybridized carbons (Fsp3) is 0.333. The molecule has 0 N–H and O–H groups in total. The van der Waals surface area contributed by atoms with Gasteiger partial charge in [0.25, 0.3) is 9.05 Å². The Labute approximate surface area is 96.5 Å². The summed E-state index contributed by atoms with van der Waals surface area (Å²) in [5.74, 6) is 0.890. The van der Waals surface area contributed by atoms with Crippen LogP contribution < -0.4 is 0 Å². The predicted octanol–water partition coefficient (Wildman–Crippen LogP) is 1.53. The molecule has 0 aliphatic heterocycles. The second kappa shape index (κ2) is 3.18. The summed E-state index contributed by atoms with van der Waals surface area (Å²) >= 11 is 0. The molecule has 0 saturated heterocycles. The molecule has 0 amide bonds. The van der Waals surface area contributed by atoms with E-state index in [0.29, 0.717) is 11.7 Å². The molecule has 1 aliphatic rings. The van der Waals surface area contributed by atoms with Gasteiger partial charge in [-0.3, -0.25) is 4.40 Å². The standard InChI is InChI=1S/C9H8ClN3O2S/c10-16(14,15)8-5-11-9-12-7(6-1-2-6)3-4-13(8)9/h3-6H,1-2H2. The molecular formula is C9H8ClN3O2S. The number of aromatic nitrogens is 3. The van der Waals surface area contributed by atoms with Crippen LogP contribution in [0.25, 0.3) is 5.78 Å². The lowest BCUT2D eigenvalue weighted by Gasteiger charge is -1.99. The Hall–Kier alpha value is -1.14. The van der Waals surface area contributed by atoms with Gasteiger partial charge in [-0.25, -0.2) is 18.4 Å². The number of nitrogens with zero attached hydrogens (tertiary/aromatic N) is 3. The molecule has 3 rings (SSSR count). The van der Waals surface area contributed by atoms with Crippen molar-refractivity contribution in [1.29, 1.82) is 0 Å². The Balaban J connectivity index is 2.21. The molecule has 16 heavy (non-hydrogen) atoms. The van der Waals surface area contributed by atoms with Gasteiger partial charge in [0, 0.05) is 28.5 Å². The van der Waals surface area contributed by atoms with E-state index in [1.54, 1.807) is 6.20 Å². The van der Waals surface area contributed by atoms with E-state index in [-0.39, 0.29) is 5.03 Å². The van der Waals surface area contributed by atoms with E-state index in [9.17, 15) is 8.42 Å². The smallest absolute Gasteiger partial charge is 0.273 e. The Bertz CT molecular complexity index is 660. The highest BCUT2D eigenvalue weighted by molar-refractivity contribution is 8.13. The molecular weight excluding hydrogens is 250 g/mol. The summed E-state index contributed by atoms with van der Waals surface area (Å²) < 4.78 is 23.8. The van der Waals surface area contributed by atoms with Crippen molar-refractivity contribution in [2.24, 2.45) is 0 Å². The van der Waals surface area contributed by atoms with Gasteiger partial charge in [-0.05, 0) is 18.9 Å². The first-order valence-electron chi connectivity index (χ1n) is 4.84. The minimum atomic E-state index is -3.77. The average molecular weight is 258 g/mol. The lowest BCUT2D eigenvalue weighted by Crippen LogP contribution is -1.99. The maximum Gasteiger partial charge on any atom is 0.278 e. The second-order valence-electron chi connectivity index (χ2n) is 3.83. The summed E-state index contributed by atoms with van der Waals surface area (Å²) in [7, 11) is 1.51. The summed E-state index contributed by atoms with van der Waals surface area (Å²) in [5.41, 5.74) is 0.969. The fourth-order valence-corrected chi connectivity index (χ4v) is 2.55. The van der Waals surface area contributed by atoms with Gasteiger partial charge in [0.15, 0.2) is 5.03 Å². The summed E-state index contributed by atoms with van der Waals surface area (Å²) in [6.07, 6.45) is 5.16. The van der Waals surface area contributed by atoms with Crippen molar-refractivity contribution in [3.05, 3.63) is 24.2 Å². The molecule has 2 aromatic heterocycles. The van der Waals surface area contributed by atoms with Crippen LogP contribution in [0.4, 0.5) is 0 Å². The van der Waals surface area contributed by atoms with E-state index in [4.69, 9.17) is 10.7 Å². The Morgan fingerprint density at radius 3 is 2.81 bits per heavy atom. The summed E-state index contributed by atoms with van der Waals surface area (Å²) in [4.78, 5) is 8.24. The molecule has 0 aromatic carbocycles. The third-order valence-electron chi connectivity index (χ3n) is 2.61. The number of imidazole rings is 1. The highest BCUT2D eigenvalue weighted by Crippen LogP contribution is 2.38. The second-order valence-corrected chi connectivity index (χ2v) is 6.34. The average Bonchev–Trinajstić information content (AvgIpc) is 2.95. The minimum Gasteiger partial charge on any atom is -0.273 e. The van der Waals surface area contributed by atoms with E-state index >= 15 is 0 Å². The van der Waals surface area contributed by atoms with Crippen LogP contribution in [0.15, 0.2) is 23.5 Å². The van der Waals surface area contributed by atoms with Crippen LogP contribution in [0, 0.1) is 0 Å². The first-order chi connectivity index (χ1) is 7.55. The molecule has 0 spiro atoms. The molecule has 0 radical (unpaired) electrons. The number of halogens is 1. The quantitative estimate of drug-likeness (QED) is 0.766. The van der Waals surface area contributed by atoms with Gasteiger partial charge in [0.2, 0.25) is 5.78 Å². The highest BCUT2D eigenvalue weighted by atomic mass is 35.7. The molecule has 2 aromatic rings. The monoisotopic (exact) mass is 257 g/mol. The molecule has 1 aliphatic carbocycles. The summed E-state index contributed by atoms with van der Waals surface area (Å²) in [6, 6.07) is 1.82. The van der Waals surface area contributed by atoms with Crippen molar-refractivity contribution in [3.8, 4) is 0 Å². The molecule has 1 fully saturated rings. The maximum absolute atomic E-state index is 11.2. The van der Waals surface area contributed by atoms with Crippen LogP contribution in [0.2, 0.25) is 0 Å². The zero-order valence-electron chi connectivity index (χ0n) is 8.17. The third kappa shape index (κ3) is 1.58. The lowest BCUT2D eigenvalue weighted by molar-refractivity contribution is 0.605. The van der Waals surface area contributed by atoms with Crippen molar-refractivity contribution in [2.45, 2.75) is 23.8 Å². The van der Waals surface area contributed by atoms with Gasteiger partial charge in [-0.1, -0.05) is 0 Å². The van der Waals surface area contributed by atoms with Gasteiger partial charge in [-0.15, -0.1) is 0 Å². The number of rotatable bonds is 2. The van der Waals surface area contributed by atoms with E-state index < -0.39 is 9.05 Å². The van der Waals surface area contributed by atoms with Crippen molar-refractivity contribution >= 4 is 25.5 Å². The Kier molecular flexibility index (Phi) is 1.99. The SMILES string of the molecule is O=S(=O)(Cl)c1cnc2nc(C3CC3)ccn12. The summed E-state index contributed by atoms with van der Waals surface area (Å²) in [6.45, 7) is 0. The Morgan fingerprint density at radius 1 is 1.44 bits per heavy atom. The number of hydrogen-bond acceptors (Lipinski definition) is 4. The van der Waals surface area contributed by atoms with Crippen LogP contribution in [0.3, 0.4) is 0 Å². The van der Waals surface area contributed by atoms with Crippen molar-refractivity contribution < 1.29 is 8.42 Å². The van der Waals surface area contributed by atoms with E-state index in [1.165, 1.54) is 10.6 Å². The van der Waals surface area contributed by atoms with Gasteiger partial charge >= 0.3 is 0 Å². The number of hydrogen-bond donors (Lipinski definition) is 0. The fourth-order valence-electron chi connectivity index (χ4n) is 1.65. The molecule has 84 valence electrons. The zero-order chi connectivity index (χ0) is 11.3. The molecule has 0 unspecified atom stereocenters. The largest absolute Gasteiger partial charge is 0.278 e. The van der Waals surface area contributed by atoms with Crippen LogP contribution in [-0.4, -0.2) is 22.8 Å². The molecule has 0 atom stereocenters. The predicted molar refractivity (Wildman–Crippen MR) is 58.0 cm³/mol. The molecule has 1 saturated carbocycles. The van der Waals surface area contributed by atoms with E-state index in [0.717, 1.165) is 18.5 Å². The molecule has 2 heterocycles. The maximum atomic E-state index is 11.2. The molecule has 7 heteroatoms. The van der Waals surface area contributed by atoms with E-state index in [2.05, 4.69) is 9.97 Å². The van der Waals surface area contributed by atoms with Crippen LogP contribution in [-0.2, 0) is 9.05 Å². The molecule has 0 bridgehead atoms. The van der Waals surface area contributed by atoms with Gasteiger partial charge in [0.05, 0.1) is 6.20 Å². The van der Waals surface area contributed by atoms with Crippen LogP contribution >= 0.6 is 10.7 Å². The normalized spacial score (nSPS) is 16.8. The van der Waals surface area contributed by atoms with Crippen molar-refractivity contribution in [3.63, 3.8) is 0 Å².